The number of methoxy groups -OCH3 is 1. The van der Waals surface area contributed by atoms with Crippen molar-refractivity contribution in [1.29, 1.82) is 0 Å². The van der Waals surface area contributed by atoms with Gasteiger partial charge in [0.1, 0.15) is 11.5 Å². The Labute approximate surface area is 118 Å². The standard InChI is InChI=1S/C15H19NO4/c1-20-12-6-4-5-11(9-12)14(10-16(18)19)13-7-2-3-8-15(13)17/h4-6,9,13-14H,2-3,7-8,10H2,1H3/t13?,14-/m0/s1. The molecule has 0 N–H and O–H groups in total. The minimum atomic E-state index is -0.354. The second-order valence-corrected chi connectivity index (χ2v) is 5.22. The molecule has 0 saturated heterocycles. The van der Waals surface area contributed by atoms with Crippen molar-refractivity contribution in [1.82, 2.24) is 0 Å². The Morgan fingerprint density at radius 2 is 2.25 bits per heavy atom. The van der Waals surface area contributed by atoms with E-state index in [0.717, 1.165) is 24.8 Å². The fraction of sp³-hybridized carbons (Fsp3) is 0.533. The summed E-state index contributed by atoms with van der Waals surface area (Å²) in [5.41, 5.74) is 0.821. The van der Waals surface area contributed by atoms with Gasteiger partial charge in [0.05, 0.1) is 13.0 Å². The first-order valence-electron chi connectivity index (χ1n) is 6.90. The van der Waals surface area contributed by atoms with Gasteiger partial charge in [-0.25, -0.2) is 0 Å². The number of rotatable bonds is 5. The molecular formula is C15H19NO4. The van der Waals surface area contributed by atoms with Gasteiger partial charge in [0.15, 0.2) is 0 Å². The third-order valence-electron chi connectivity index (χ3n) is 3.96. The van der Waals surface area contributed by atoms with Crippen molar-refractivity contribution in [2.75, 3.05) is 13.7 Å². The van der Waals surface area contributed by atoms with E-state index in [0.29, 0.717) is 12.2 Å². The fourth-order valence-corrected chi connectivity index (χ4v) is 2.93. The Kier molecular flexibility index (Phi) is 4.71. The van der Waals surface area contributed by atoms with E-state index in [1.165, 1.54) is 0 Å². The zero-order chi connectivity index (χ0) is 14.5. The quantitative estimate of drug-likeness (QED) is 0.613. The SMILES string of the molecule is COc1cccc([C@H](C[N+](=O)[O-])C2CCCCC2=O)c1. The number of carbonyl (C=O) groups excluding carboxylic acids is 1. The maximum atomic E-state index is 12.1. The van der Waals surface area contributed by atoms with Crippen molar-refractivity contribution < 1.29 is 14.5 Å². The van der Waals surface area contributed by atoms with Gasteiger partial charge >= 0.3 is 0 Å². The number of ketones is 1. The highest BCUT2D eigenvalue weighted by atomic mass is 16.6. The molecule has 1 aromatic rings. The first-order chi connectivity index (χ1) is 9.61. The molecule has 5 nitrogen and oxygen atoms in total. The smallest absolute Gasteiger partial charge is 0.211 e. The van der Waals surface area contributed by atoms with Crippen LogP contribution >= 0.6 is 0 Å². The van der Waals surface area contributed by atoms with Gasteiger partial charge < -0.3 is 4.74 Å². The Morgan fingerprint density at radius 3 is 2.90 bits per heavy atom. The van der Waals surface area contributed by atoms with Gasteiger partial charge in [-0.2, -0.15) is 0 Å². The molecule has 1 aromatic carbocycles. The molecule has 0 aliphatic heterocycles. The van der Waals surface area contributed by atoms with Gasteiger partial charge in [0.2, 0.25) is 6.54 Å². The Morgan fingerprint density at radius 1 is 1.45 bits per heavy atom. The summed E-state index contributed by atoms with van der Waals surface area (Å²) in [6.45, 7) is -0.205. The molecule has 0 heterocycles. The highest BCUT2D eigenvalue weighted by molar-refractivity contribution is 5.82. The summed E-state index contributed by atoms with van der Waals surface area (Å²) in [6.07, 6.45) is 3.16. The average Bonchev–Trinajstić information content (AvgIpc) is 2.45. The molecule has 0 amide bonds. The van der Waals surface area contributed by atoms with Gasteiger partial charge in [-0.1, -0.05) is 18.6 Å². The monoisotopic (exact) mass is 277 g/mol. The fourth-order valence-electron chi connectivity index (χ4n) is 2.93. The maximum absolute atomic E-state index is 12.1. The van der Waals surface area contributed by atoms with Crippen molar-refractivity contribution in [2.45, 2.75) is 31.6 Å². The lowest BCUT2D eigenvalue weighted by molar-refractivity contribution is -0.484. The highest BCUT2D eigenvalue weighted by Gasteiger charge is 2.34. The third kappa shape index (κ3) is 3.35. The first kappa shape index (κ1) is 14.5. The van der Waals surface area contributed by atoms with Crippen molar-refractivity contribution in [3.63, 3.8) is 0 Å². The summed E-state index contributed by atoms with van der Waals surface area (Å²) in [5.74, 6) is 0.235. The van der Waals surface area contributed by atoms with E-state index in [4.69, 9.17) is 4.74 Å². The molecule has 1 aliphatic rings. The van der Waals surface area contributed by atoms with Crippen molar-refractivity contribution in [3.05, 3.63) is 39.9 Å². The zero-order valence-corrected chi connectivity index (χ0v) is 11.6. The number of Topliss-reactive ketones (excluding diaryl/α,β-unsaturated/α-hetero) is 1. The highest BCUT2D eigenvalue weighted by Crippen LogP contribution is 2.35. The molecule has 0 bridgehead atoms. The molecule has 0 aromatic heterocycles. The Hall–Kier alpha value is -1.91. The van der Waals surface area contributed by atoms with Crippen molar-refractivity contribution in [2.24, 2.45) is 5.92 Å². The number of ether oxygens (including phenoxy) is 1. The van der Waals surface area contributed by atoms with Crippen LogP contribution < -0.4 is 4.74 Å². The molecule has 2 rings (SSSR count). The number of benzene rings is 1. The Balaban J connectivity index is 2.30. The molecule has 5 heteroatoms. The minimum Gasteiger partial charge on any atom is -0.497 e. The van der Waals surface area contributed by atoms with E-state index in [2.05, 4.69) is 0 Å². The van der Waals surface area contributed by atoms with Crippen LogP contribution in [-0.2, 0) is 4.79 Å². The van der Waals surface area contributed by atoms with Crippen LogP contribution in [0.25, 0.3) is 0 Å². The Bertz CT molecular complexity index is 500. The van der Waals surface area contributed by atoms with E-state index in [9.17, 15) is 14.9 Å². The summed E-state index contributed by atoms with van der Waals surface area (Å²) in [6, 6.07) is 7.26. The number of carbonyl (C=O) groups is 1. The van der Waals surface area contributed by atoms with Crippen LogP contribution in [0.4, 0.5) is 0 Å². The van der Waals surface area contributed by atoms with Crippen LogP contribution in [0, 0.1) is 16.0 Å². The number of nitro groups is 1. The van der Waals surface area contributed by atoms with Crippen LogP contribution in [0.2, 0.25) is 0 Å². The van der Waals surface area contributed by atoms with E-state index < -0.39 is 0 Å². The lowest BCUT2D eigenvalue weighted by Crippen LogP contribution is -2.30. The van der Waals surface area contributed by atoms with Crippen LogP contribution in [0.3, 0.4) is 0 Å². The molecule has 1 fully saturated rings. The third-order valence-corrected chi connectivity index (χ3v) is 3.96. The molecule has 0 spiro atoms. The molecule has 1 aliphatic carbocycles. The summed E-state index contributed by atoms with van der Waals surface area (Å²) >= 11 is 0. The lowest BCUT2D eigenvalue weighted by atomic mass is 9.76. The van der Waals surface area contributed by atoms with Gasteiger partial charge in [-0.3, -0.25) is 14.9 Å². The normalized spacial score (nSPS) is 20.4. The average molecular weight is 277 g/mol. The maximum Gasteiger partial charge on any atom is 0.211 e. The summed E-state index contributed by atoms with van der Waals surface area (Å²) in [5, 5.41) is 10.9. The van der Waals surface area contributed by atoms with Gasteiger partial charge in [-0.05, 0) is 30.5 Å². The molecule has 20 heavy (non-hydrogen) atoms. The lowest BCUT2D eigenvalue weighted by Gasteiger charge is -2.27. The van der Waals surface area contributed by atoms with Gasteiger partial charge in [0.25, 0.3) is 0 Å². The predicted molar refractivity (Wildman–Crippen MR) is 74.6 cm³/mol. The topological polar surface area (TPSA) is 69.4 Å². The molecule has 108 valence electrons. The molecule has 1 unspecified atom stereocenters. The van der Waals surface area contributed by atoms with Crippen LogP contribution in [0.5, 0.6) is 5.75 Å². The van der Waals surface area contributed by atoms with Crippen molar-refractivity contribution in [3.8, 4) is 5.75 Å². The second kappa shape index (κ2) is 6.50. The second-order valence-electron chi connectivity index (χ2n) is 5.22. The molecule has 0 radical (unpaired) electrons. The number of hydrogen-bond acceptors (Lipinski definition) is 4. The number of nitrogens with zero attached hydrogens (tertiary/aromatic N) is 1. The summed E-state index contributed by atoms with van der Waals surface area (Å²) in [4.78, 5) is 22.7. The van der Waals surface area contributed by atoms with Crippen LogP contribution in [0.15, 0.2) is 24.3 Å². The van der Waals surface area contributed by atoms with E-state index in [1.807, 2.05) is 12.1 Å². The van der Waals surface area contributed by atoms with Crippen molar-refractivity contribution >= 4 is 5.78 Å². The van der Waals surface area contributed by atoms with Gasteiger partial charge in [0, 0.05) is 17.3 Å². The predicted octanol–water partition coefficient (Wildman–Crippen LogP) is 2.81. The minimum absolute atomic E-state index is 0.158. The first-order valence-corrected chi connectivity index (χ1v) is 6.90. The van der Waals surface area contributed by atoms with Gasteiger partial charge in [-0.15, -0.1) is 0 Å². The zero-order valence-electron chi connectivity index (χ0n) is 11.6. The molecular weight excluding hydrogens is 258 g/mol. The van der Waals surface area contributed by atoms with Crippen LogP contribution in [-0.4, -0.2) is 24.4 Å². The summed E-state index contributed by atoms with van der Waals surface area (Å²) < 4.78 is 5.17. The van der Waals surface area contributed by atoms with E-state index in [1.54, 1.807) is 19.2 Å². The van der Waals surface area contributed by atoms with E-state index in [-0.39, 0.29) is 29.1 Å². The molecule has 1 saturated carbocycles. The summed E-state index contributed by atoms with van der Waals surface area (Å²) in [7, 11) is 1.56. The molecule has 2 atom stereocenters. The number of hydrogen-bond donors (Lipinski definition) is 0. The van der Waals surface area contributed by atoms with E-state index >= 15 is 0 Å². The largest absolute Gasteiger partial charge is 0.497 e. The van der Waals surface area contributed by atoms with Crippen LogP contribution in [0.1, 0.15) is 37.2 Å².